The Bertz CT molecular complexity index is 907. The van der Waals surface area contributed by atoms with Crippen LogP contribution in [0.4, 0.5) is 5.95 Å². The quantitative estimate of drug-likeness (QED) is 0.766. The summed E-state index contributed by atoms with van der Waals surface area (Å²) in [6, 6.07) is 17.3. The molecule has 2 heterocycles. The molecule has 6 heteroatoms. The maximum atomic E-state index is 11.3. The Morgan fingerprint density at radius 3 is 2.85 bits per heavy atom. The van der Waals surface area contributed by atoms with Crippen LogP contribution in [0.1, 0.15) is 22.3 Å². The van der Waals surface area contributed by atoms with Crippen molar-refractivity contribution < 1.29 is 9.32 Å². The zero-order valence-corrected chi connectivity index (χ0v) is 14.3. The van der Waals surface area contributed by atoms with Crippen LogP contribution in [-0.2, 0) is 6.42 Å². The summed E-state index contributed by atoms with van der Waals surface area (Å²) in [5.41, 5.74) is 7.98. The third kappa shape index (κ3) is 3.44. The number of hydrogen-bond acceptors (Lipinski definition) is 5. The van der Waals surface area contributed by atoms with Crippen LogP contribution < -0.4 is 10.6 Å². The van der Waals surface area contributed by atoms with Gasteiger partial charge < -0.3 is 15.2 Å². The molecule has 1 amide bonds. The van der Waals surface area contributed by atoms with Crippen molar-refractivity contribution in [2.45, 2.75) is 12.8 Å². The average Bonchev–Trinajstić information content (AvgIpc) is 3.32. The van der Waals surface area contributed by atoms with Gasteiger partial charge in [0.2, 0.25) is 5.91 Å². The summed E-state index contributed by atoms with van der Waals surface area (Å²) < 4.78 is 5.40. The predicted molar refractivity (Wildman–Crippen MR) is 98.7 cm³/mol. The van der Waals surface area contributed by atoms with Gasteiger partial charge in [0, 0.05) is 24.2 Å². The van der Waals surface area contributed by atoms with Crippen LogP contribution in [0.3, 0.4) is 0 Å². The van der Waals surface area contributed by atoms with Gasteiger partial charge in [-0.25, -0.2) is 0 Å². The number of benzene rings is 2. The highest BCUT2D eigenvalue weighted by atomic mass is 16.5. The van der Waals surface area contributed by atoms with Crippen LogP contribution in [0.5, 0.6) is 0 Å². The first-order chi connectivity index (χ1) is 12.7. The third-order valence-corrected chi connectivity index (χ3v) is 4.74. The summed E-state index contributed by atoms with van der Waals surface area (Å²) in [5, 5.41) is 4.13. The Labute approximate surface area is 151 Å². The Balaban J connectivity index is 1.42. The second-order valence-corrected chi connectivity index (χ2v) is 6.64. The van der Waals surface area contributed by atoms with Gasteiger partial charge >= 0.3 is 0 Å². The normalized spacial score (nSPS) is 16.8. The van der Waals surface area contributed by atoms with E-state index in [4.69, 9.17) is 10.3 Å². The van der Waals surface area contributed by atoms with Crippen LogP contribution >= 0.6 is 0 Å². The van der Waals surface area contributed by atoms with E-state index in [0.717, 1.165) is 37.1 Å². The topological polar surface area (TPSA) is 85.3 Å². The van der Waals surface area contributed by atoms with Gasteiger partial charge in [-0.15, -0.1) is 0 Å². The zero-order valence-electron chi connectivity index (χ0n) is 14.3. The number of carbonyl (C=O) groups is 1. The number of nitrogens with zero attached hydrogens (tertiary/aromatic N) is 3. The Morgan fingerprint density at radius 1 is 1.19 bits per heavy atom. The van der Waals surface area contributed by atoms with Crippen LogP contribution in [0.15, 0.2) is 59.1 Å². The minimum atomic E-state index is -0.389. The molecule has 4 rings (SSSR count). The van der Waals surface area contributed by atoms with E-state index in [1.54, 1.807) is 6.07 Å². The van der Waals surface area contributed by atoms with Gasteiger partial charge in [-0.3, -0.25) is 4.79 Å². The maximum absolute atomic E-state index is 11.3. The lowest BCUT2D eigenvalue weighted by Gasteiger charge is -2.13. The SMILES string of the molecule is NC(=O)c1cccc(C[C@H]2CCN(c3noc(-c4ccccc4)n3)C2)c1. The van der Waals surface area contributed by atoms with Crippen molar-refractivity contribution in [3.8, 4) is 11.5 Å². The smallest absolute Gasteiger partial charge is 0.266 e. The molecular weight excluding hydrogens is 328 g/mol. The van der Waals surface area contributed by atoms with E-state index in [0.29, 0.717) is 23.3 Å². The van der Waals surface area contributed by atoms with E-state index < -0.39 is 0 Å². The standard InChI is InChI=1S/C20H20N4O2/c21-18(25)17-8-4-5-14(12-17)11-15-9-10-24(13-15)20-22-19(26-23-20)16-6-2-1-3-7-16/h1-8,12,15H,9-11,13H2,(H2,21,25)/t15-/m1/s1. The number of hydrogen-bond donors (Lipinski definition) is 1. The molecule has 0 unspecified atom stereocenters. The molecule has 2 N–H and O–H groups in total. The lowest BCUT2D eigenvalue weighted by Crippen LogP contribution is -2.21. The number of carbonyl (C=O) groups excluding carboxylic acids is 1. The molecule has 1 atom stereocenters. The van der Waals surface area contributed by atoms with E-state index in [2.05, 4.69) is 15.0 Å². The third-order valence-electron chi connectivity index (χ3n) is 4.74. The van der Waals surface area contributed by atoms with Gasteiger partial charge in [-0.2, -0.15) is 4.98 Å². The van der Waals surface area contributed by atoms with Crippen LogP contribution in [-0.4, -0.2) is 29.1 Å². The number of amides is 1. The Kier molecular flexibility index (Phi) is 4.39. The Morgan fingerprint density at radius 2 is 2.04 bits per heavy atom. The summed E-state index contributed by atoms with van der Waals surface area (Å²) >= 11 is 0. The van der Waals surface area contributed by atoms with E-state index in [-0.39, 0.29) is 5.91 Å². The van der Waals surface area contributed by atoms with Gasteiger partial charge in [0.15, 0.2) is 0 Å². The highest BCUT2D eigenvalue weighted by Crippen LogP contribution is 2.26. The first kappa shape index (κ1) is 16.3. The van der Waals surface area contributed by atoms with Crippen molar-refractivity contribution in [2.75, 3.05) is 18.0 Å². The van der Waals surface area contributed by atoms with E-state index >= 15 is 0 Å². The van der Waals surface area contributed by atoms with Gasteiger partial charge in [0.1, 0.15) is 0 Å². The first-order valence-electron chi connectivity index (χ1n) is 8.72. The van der Waals surface area contributed by atoms with E-state index in [1.807, 2.05) is 48.5 Å². The van der Waals surface area contributed by atoms with Gasteiger partial charge in [-0.1, -0.05) is 30.3 Å². The molecule has 0 radical (unpaired) electrons. The lowest BCUT2D eigenvalue weighted by atomic mass is 9.97. The number of rotatable bonds is 5. The van der Waals surface area contributed by atoms with Crippen molar-refractivity contribution in [1.82, 2.24) is 10.1 Å². The van der Waals surface area contributed by atoms with E-state index in [1.165, 1.54) is 0 Å². The monoisotopic (exact) mass is 348 g/mol. The van der Waals surface area contributed by atoms with Gasteiger partial charge in [0.05, 0.1) is 0 Å². The molecule has 6 nitrogen and oxygen atoms in total. The summed E-state index contributed by atoms with van der Waals surface area (Å²) in [6.07, 6.45) is 1.96. The lowest BCUT2D eigenvalue weighted by molar-refractivity contribution is 0.1000. The largest absolute Gasteiger partial charge is 0.366 e. The van der Waals surface area contributed by atoms with Crippen LogP contribution in [0.25, 0.3) is 11.5 Å². The molecule has 3 aromatic rings. The number of anilines is 1. The second-order valence-electron chi connectivity index (χ2n) is 6.64. The molecule has 0 spiro atoms. The number of primary amides is 1. The van der Waals surface area contributed by atoms with Crippen molar-refractivity contribution in [2.24, 2.45) is 11.7 Å². The molecule has 0 aliphatic carbocycles. The first-order valence-corrected chi connectivity index (χ1v) is 8.72. The minimum Gasteiger partial charge on any atom is -0.366 e. The van der Waals surface area contributed by atoms with Crippen molar-refractivity contribution in [3.63, 3.8) is 0 Å². The molecule has 0 bridgehead atoms. The summed E-state index contributed by atoms with van der Waals surface area (Å²) in [5.74, 6) is 1.27. The highest BCUT2D eigenvalue weighted by molar-refractivity contribution is 5.92. The van der Waals surface area contributed by atoms with Gasteiger partial charge in [-0.05, 0) is 53.7 Å². The molecule has 1 aromatic heterocycles. The van der Waals surface area contributed by atoms with Crippen molar-refractivity contribution >= 4 is 11.9 Å². The van der Waals surface area contributed by atoms with Crippen LogP contribution in [0.2, 0.25) is 0 Å². The molecule has 1 saturated heterocycles. The summed E-state index contributed by atoms with van der Waals surface area (Å²) in [6.45, 7) is 1.77. The number of aromatic nitrogens is 2. The minimum absolute atomic E-state index is 0.389. The Hall–Kier alpha value is -3.15. The molecule has 1 fully saturated rings. The summed E-state index contributed by atoms with van der Waals surface area (Å²) in [7, 11) is 0. The number of nitrogens with two attached hydrogens (primary N) is 1. The average molecular weight is 348 g/mol. The molecule has 132 valence electrons. The molecule has 2 aromatic carbocycles. The van der Waals surface area contributed by atoms with Crippen LogP contribution in [0, 0.1) is 5.92 Å². The predicted octanol–water partition coefficient (Wildman–Crippen LogP) is 2.90. The fourth-order valence-corrected chi connectivity index (χ4v) is 3.41. The molecule has 1 aliphatic heterocycles. The highest BCUT2D eigenvalue weighted by Gasteiger charge is 2.26. The molecule has 1 aliphatic rings. The maximum Gasteiger partial charge on any atom is 0.266 e. The van der Waals surface area contributed by atoms with Gasteiger partial charge in [0.25, 0.3) is 11.8 Å². The molecule has 0 saturated carbocycles. The van der Waals surface area contributed by atoms with E-state index in [9.17, 15) is 4.79 Å². The zero-order chi connectivity index (χ0) is 17.9. The van der Waals surface area contributed by atoms with Crippen molar-refractivity contribution in [1.29, 1.82) is 0 Å². The second kappa shape index (κ2) is 7.00. The molecular formula is C20H20N4O2. The molecule has 26 heavy (non-hydrogen) atoms. The van der Waals surface area contributed by atoms with Crippen molar-refractivity contribution in [3.05, 3.63) is 65.7 Å². The summed E-state index contributed by atoms with van der Waals surface area (Å²) in [4.78, 5) is 18.0. The fraction of sp³-hybridized carbons (Fsp3) is 0.250. The fourth-order valence-electron chi connectivity index (χ4n) is 3.41.